The number of nitrogens with zero attached hydrogens (tertiary/aromatic N) is 1. The lowest BCUT2D eigenvalue weighted by molar-refractivity contribution is -0.115. The molecule has 0 saturated heterocycles. The number of rotatable bonds is 6. The topological polar surface area (TPSA) is 54.0 Å². The van der Waals surface area contributed by atoms with Crippen LogP contribution in [0.4, 0.5) is 5.69 Å². The fourth-order valence-corrected chi connectivity index (χ4v) is 3.19. The summed E-state index contributed by atoms with van der Waals surface area (Å²) < 4.78 is 1.13. The van der Waals surface area contributed by atoms with Crippen LogP contribution < -0.4 is 10.6 Å². The molecule has 1 aliphatic carbocycles. The fourth-order valence-electron chi connectivity index (χ4n) is 2.18. The maximum absolute atomic E-state index is 11.9. The second-order valence-electron chi connectivity index (χ2n) is 6.01. The quantitative estimate of drug-likeness (QED) is 0.860. The molecule has 4 nitrogen and oxygen atoms in total. The summed E-state index contributed by atoms with van der Waals surface area (Å²) in [5.41, 5.74) is 1.85. The van der Waals surface area contributed by atoms with E-state index < -0.39 is 0 Å². The Morgan fingerprint density at radius 2 is 2.24 bits per heavy atom. The highest BCUT2D eigenvalue weighted by Crippen LogP contribution is 2.29. The van der Waals surface area contributed by atoms with Gasteiger partial charge in [-0.05, 0) is 43.5 Å². The molecule has 1 aromatic carbocycles. The maximum atomic E-state index is 11.9. The van der Waals surface area contributed by atoms with E-state index in [9.17, 15) is 4.79 Å². The van der Waals surface area contributed by atoms with Crippen LogP contribution in [0.1, 0.15) is 37.6 Å². The summed E-state index contributed by atoms with van der Waals surface area (Å²) in [5, 5.41) is 7.28. The summed E-state index contributed by atoms with van der Waals surface area (Å²) in [6.45, 7) is 5.63. The smallest absolute Gasteiger partial charge is 0.238 e. The number of anilines is 1. The Balaban J connectivity index is 1.61. The molecule has 1 amide bonds. The monoisotopic (exact) mass is 303 g/mol. The van der Waals surface area contributed by atoms with E-state index in [1.54, 1.807) is 11.3 Å². The summed E-state index contributed by atoms with van der Waals surface area (Å²) in [6, 6.07) is 5.91. The van der Waals surface area contributed by atoms with Crippen LogP contribution in [-0.2, 0) is 4.79 Å². The number of benzene rings is 1. The number of carbonyl (C=O) groups excluding carboxylic acids is 1. The van der Waals surface area contributed by atoms with Gasteiger partial charge in [0, 0.05) is 11.6 Å². The highest BCUT2D eigenvalue weighted by Gasteiger charge is 2.20. The van der Waals surface area contributed by atoms with Gasteiger partial charge in [0.15, 0.2) is 0 Å². The summed E-state index contributed by atoms with van der Waals surface area (Å²) in [7, 11) is 0. The van der Waals surface area contributed by atoms with Gasteiger partial charge in [-0.1, -0.05) is 13.8 Å². The minimum absolute atomic E-state index is 0.0172. The molecule has 0 radical (unpaired) electrons. The van der Waals surface area contributed by atoms with Gasteiger partial charge in [0.05, 0.1) is 21.8 Å². The zero-order valence-corrected chi connectivity index (χ0v) is 13.3. The molecule has 0 unspecified atom stereocenters. The Hall–Kier alpha value is -1.46. The van der Waals surface area contributed by atoms with Gasteiger partial charge in [-0.3, -0.25) is 4.79 Å². The van der Waals surface area contributed by atoms with Gasteiger partial charge in [0.25, 0.3) is 0 Å². The zero-order chi connectivity index (χ0) is 14.8. The van der Waals surface area contributed by atoms with Gasteiger partial charge in [-0.2, -0.15) is 0 Å². The van der Waals surface area contributed by atoms with Crippen molar-refractivity contribution in [1.29, 1.82) is 0 Å². The van der Waals surface area contributed by atoms with Crippen molar-refractivity contribution in [3.05, 3.63) is 23.2 Å². The lowest BCUT2D eigenvalue weighted by Gasteiger charge is -2.06. The first-order chi connectivity index (χ1) is 10.1. The number of aromatic nitrogens is 1. The molecule has 21 heavy (non-hydrogen) atoms. The molecule has 3 rings (SSSR count). The van der Waals surface area contributed by atoms with Crippen LogP contribution in [-0.4, -0.2) is 24.0 Å². The van der Waals surface area contributed by atoms with Crippen LogP contribution >= 0.6 is 11.3 Å². The Kier molecular flexibility index (Phi) is 4.22. The van der Waals surface area contributed by atoms with Gasteiger partial charge in [0.2, 0.25) is 5.91 Å². The highest BCUT2D eigenvalue weighted by molar-refractivity contribution is 7.18. The maximum Gasteiger partial charge on any atom is 0.238 e. The van der Waals surface area contributed by atoms with Crippen LogP contribution in [0.25, 0.3) is 10.2 Å². The van der Waals surface area contributed by atoms with Crippen molar-refractivity contribution in [1.82, 2.24) is 10.3 Å². The number of thiazole rings is 1. The fraction of sp³-hybridized carbons (Fsp3) is 0.500. The normalized spacial score (nSPS) is 14.8. The molecule has 112 valence electrons. The Morgan fingerprint density at radius 1 is 1.43 bits per heavy atom. The Labute approximate surface area is 129 Å². The average molecular weight is 303 g/mol. The molecule has 1 aliphatic rings. The molecule has 1 saturated carbocycles. The molecule has 1 fully saturated rings. The second-order valence-corrected chi connectivity index (χ2v) is 7.07. The number of carbonyl (C=O) groups is 1. The molecule has 0 bridgehead atoms. The lowest BCUT2D eigenvalue weighted by Crippen LogP contribution is -2.29. The van der Waals surface area contributed by atoms with E-state index in [2.05, 4.69) is 29.5 Å². The minimum Gasteiger partial charge on any atom is -0.325 e. The van der Waals surface area contributed by atoms with Crippen LogP contribution in [0.5, 0.6) is 0 Å². The Bertz CT molecular complexity index is 646. The molecular formula is C16H21N3OS. The molecule has 1 heterocycles. The number of fused-ring (bicyclic) bond motifs is 1. The second kappa shape index (κ2) is 6.12. The van der Waals surface area contributed by atoms with Crippen molar-refractivity contribution in [2.45, 2.75) is 32.6 Å². The standard InChI is InChI=1S/C16H21N3OS/c1-10(2)16-19-13-6-5-12(7-14(13)21-16)18-15(20)9-17-8-11-3-4-11/h5-7,10-11,17H,3-4,8-9H2,1-2H3,(H,18,20). The molecule has 0 atom stereocenters. The molecule has 1 aromatic heterocycles. The van der Waals surface area contributed by atoms with Gasteiger partial charge in [-0.25, -0.2) is 4.98 Å². The minimum atomic E-state index is 0.0172. The van der Waals surface area contributed by atoms with E-state index in [1.807, 2.05) is 18.2 Å². The van der Waals surface area contributed by atoms with Crippen molar-refractivity contribution in [3.63, 3.8) is 0 Å². The van der Waals surface area contributed by atoms with E-state index in [-0.39, 0.29) is 5.91 Å². The van der Waals surface area contributed by atoms with E-state index in [4.69, 9.17) is 0 Å². The summed E-state index contributed by atoms with van der Waals surface area (Å²) >= 11 is 1.70. The average Bonchev–Trinajstić information content (AvgIpc) is 3.15. The third-order valence-corrected chi connectivity index (χ3v) is 4.92. The first-order valence-electron chi connectivity index (χ1n) is 7.53. The van der Waals surface area contributed by atoms with Crippen LogP contribution in [0, 0.1) is 5.92 Å². The van der Waals surface area contributed by atoms with E-state index >= 15 is 0 Å². The molecule has 2 aromatic rings. The summed E-state index contributed by atoms with van der Waals surface area (Å²) in [5.74, 6) is 1.25. The summed E-state index contributed by atoms with van der Waals surface area (Å²) in [6.07, 6.45) is 2.60. The van der Waals surface area contributed by atoms with Crippen LogP contribution in [0.2, 0.25) is 0 Å². The number of amides is 1. The van der Waals surface area contributed by atoms with Crippen molar-refractivity contribution in [3.8, 4) is 0 Å². The predicted molar refractivity (Wildman–Crippen MR) is 87.9 cm³/mol. The van der Waals surface area contributed by atoms with Crippen molar-refractivity contribution in [2.24, 2.45) is 5.92 Å². The first kappa shape index (κ1) is 14.5. The molecule has 5 heteroatoms. The van der Waals surface area contributed by atoms with Gasteiger partial charge >= 0.3 is 0 Å². The van der Waals surface area contributed by atoms with Crippen molar-refractivity contribution in [2.75, 3.05) is 18.4 Å². The number of hydrogen-bond acceptors (Lipinski definition) is 4. The highest BCUT2D eigenvalue weighted by atomic mass is 32.1. The van der Waals surface area contributed by atoms with Crippen molar-refractivity contribution < 1.29 is 4.79 Å². The third-order valence-electron chi connectivity index (χ3n) is 3.60. The molecule has 0 aliphatic heterocycles. The zero-order valence-electron chi connectivity index (χ0n) is 12.5. The largest absolute Gasteiger partial charge is 0.325 e. The Morgan fingerprint density at radius 3 is 2.95 bits per heavy atom. The van der Waals surface area contributed by atoms with Crippen LogP contribution in [0.3, 0.4) is 0 Å². The molecule has 0 spiro atoms. The lowest BCUT2D eigenvalue weighted by atomic mass is 10.2. The van der Waals surface area contributed by atoms with E-state index in [0.717, 1.165) is 33.4 Å². The number of hydrogen-bond donors (Lipinski definition) is 2. The van der Waals surface area contributed by atoms with E-state index in [1.165, 1.54) is 12.8 Å². The first-order valence-corrected chi connectivity index (χ1v) is 8.34. The van der Waals surface area contributed by atoms with Gasteiger partial charge < -0.3 is 10.6 Å². The molecule has 2 N–H and O–H groups in total. The SMILES string of the molecule is CC(C)c1nc2ccc(NC(=O)CNCC3CC3)cc2s1. The van der Waals surface area contributed by atoms with Gasteiger partial charge in [0.1, 0.15) is 0 Å². The molecular weight excluding hydrogens is 282 g/mol. The number of nitrogens with one attached hydrogen (secondary N) is 2. The third kappa shape index (κ3) is 3.80. The van der Waals surface area contributed by atoms with Gasteiger partial charge in [-0.15, -0.1) is 11.3 Å². The summed E-state index contributed by atoms with van der Waals surface area (Å²) in [4.78, 5) is 16.5. The van der Waals surface area contributed by atoms with E-state index in [0.29, 0.717) is 12.5 Å². The van der Waals surface area contributed by atoms with Crippen LogP contribution in [0.15, 0.2) is 18.2 Å². The predicted octanol–water partition coefficient (Wildman–Crippen LogP) is 3.36. The van der Waals surface area contributed by atoms with Crippen molar-refractivity contribution >= 4 is 33.1 Å².